The Morgan fingerprint density at radius 1 is 1.07 bits per heavy atom. The second-order valence-corrected chi connectivity index (χ2v) is 6.52. The van der Waals surface area contributed by atoms with Crippen LogP contribution in [0.3, 0.4) is 0 Å². The van der Waals surface area contributed by atoms with Crippen molar-refractivity contribution < 1.29 is 28.7 Å². The molecule has 0 saturated carbocycles. The minimum atomic E-state index is -0.686. The normalized spacial score (nSPS) is 21.0. The van der Waals surface area contributed by atoms with Crippen LogP contribution in [-0.2, 0) is 28.7 Å². The molecule has 148 valence electrons. The number of amides is 4. The van der Waals surface area contributed by atoms with Crippen molar-refractivity contribution in [1.29, 1.82) is 0 Å². The van der Waals surface area contributed by atoms with Gasteiger partial charge in [0.25, 0.3) is 5.91 Å². The molecule has 0 aromatic carbocycles. The Hall–Kier alpha value is -2.71. The third kappa shape index (κ3) is 5.63. The van der Waals surface area contributed by atoms with Crippen LogP contribution in [0.15, 0.2) is 12.2 Å². The largest absolute Gasteiger partial charge is 0.456 e. The average Bonchev–Trinajstić information content (AvgIpc) is 2.92. The summed E-state index contributed by atoms with van der Waals surface area (Å²) in [4.78, 5) is 60.3. The summed E-state index contributed by atoms with van der Waals surface area (Å²) in [5.74, 6) is -2.77. The minimum Gasteiger partial charge on any atom is -0.456 e. The zero-order valence-corrected chi connectivity index (χ0v) is 15.4. The standard InChI is InChI=1S/C18H25N3O6/c1-2-8-19-14(22)10-20-15(23)11-27-16(24)7-9-21-17(25)12-5-3-4-6-13(12)18(21)26/h3-4,12-13H,2,5-11H2,1H3,(H,19,22)(H,20,23)/t12-,13+. The van der Waals surface area contributed by atoms with Crippen molar-refractivity contribution in [2.45, 2.75) is 32.6 Å². The Morgan fingerprint density at radius 3 is 2.30 bits per heavy atom. The first-order valence-electron chi connectivity index (χ1n) is 9.13. The van der Waals surface area contributed by atoms with Gasteiger partial charge in [-0.25, -0.2) is 0 Å². The lowest BCUT2D eigenvalue weighted by Gasteiger charge is -2.14. The number of imide groups is 1. The molecule has 2 rings (SSSR count). The van der Waals surface area contributed by atoms with E-state index < -0.39 is 18.5 Å². The van der Waals surface area contributed by atoms with Crippen LogP contribution in [0.2, 0.25) is 0 Å². The molecule has 0 unspecified atom stereocenters. The first-order chi connectivity index (χ1) is 12.9. The van der Waals surface area contributed by atoms with Crippen molar-refractivity contribution in [2.24, 2.45) is 11.8 Å². The highest BCUT2D eigenvalue weighted by molar-refractivity contribution is 6.05. The van der Waals surface area contributed by atoms with Gasteiger partial charge >= 0.3 is 5.97 Å². The smallest absolute Gasteiger partial charge is 0.308 e. The molecule has 2 atom stereocenters. The highest BCUT2D eigenvalue weighted by Gasteiger charge is 2.46. The average molecular weight is 379 g/mol. The number of nitrogens with one attached hydrogen (secondary N) is 2. The third-order valence-electron chi connectivity index (χ3n) is 4.52. The SMILES string of the molecule is CCCNC(=O)CNC(=O)COC(=O)CCN1C(=O)[C@H]2CC=CC[C@H]2C1=O. The quantitative estimate of drug-likeness (QED) is 0.317. The number of fused-ring (bicyclic) bond motifs is 1. The molecule has 0 radical (unpaired) electrons. The van der Waals surface area contributed by atoms with Crippen LogP contribution in [-0.4, -0.2) is 60.7 Å². The van der Waals surface area contributed by atoms with Crippen LogP contribution in [0, 0.1) is 11.8 Å². The van der Waals surface area contributed by atoms with Crippen molar-refractivity contribution in [3.8, 4) is 0 Å². The lowest BCUT2D eigenvalue weighted by Crippen LogP contribution is -2.39. The summed E-state index contributed by atoms with van der Waals surface area (Å²) in [5, 5.41) is 4.94. The monoisotopic (exact) mass is 379 g/mol. The first-order valence-corrected chi connectivity index (χ1v) is 9.13. The zero-order chi connectivity index (χ0) is 19.8. The maximum absolute atomic E-state index is 12.3. The molecule has 1 heterocycles. The van der Waals surface area contributed by atoms with E-state index in [1.165, 1.54) is 0 Å². The zero-order valence-electron chi connectivity index (χ0n) is 15.4. The van der Waals surface area contributed by atoms with Crippen LogP contribution in [0.25, 0.3) is 0 Å². The van der Waals surface area contributed by atoms with Gasteiger partial charge in [0.15, 0.2) is 6.61 Å². The molecule has 1 aliphatic carbocycles. The van der Waals surface area contributed by atoms with Crippen LogP contribution in [0.5, 0.6) is 0 Å². The van der Waals surface area contributed by atoms with E-state index in [9.17, 15) is 24.0 Å². The summed E-state index contributed by atoms with van der Waals surface area (Å²) in [7, 11) is 0. The molecule has 9 heteroatoms. The summed E-state index contributed by atoms with van der Waals surface area (Å²) in [6, 6.07) is 0. The van der Waals surface area contributed by atoms with E-state index in [4.69, 9.17) is 4.74 Å². The molecule has 4 amide bonds. The van der Waals surface area contributed by atoms with Crippen LogP contribution >= 0.6 is 0 Å². The van der Waals surface area contributed by atoms with Gasteiger partial charge in [-0.3, -0.25) is 28.9 Å². The van der Waals surface area contributed by atoms with E-state index in [0.717, 1.165) is 11.3 Å². The van der Waals surface area contributed by atoms with Gasteiger partial charge in [-0.15, -0.1) is 0 Å². The molecule has 0 spiro atoms. The number of hydrogen-bond donors (Lipinski definition) is 2. The van der Waals surface area contributed by atoms with Gasteiger partial charge in [-0.1, -0.05) is 19.1 Å². The highest BCUT2D eigenvalue weighted by atomic mass is 16.5. The number of esters is 1. The number of carbonyl (C=O) groups excluding carboxylic acids is 5. The maximum atomic E-state index is 12.3. The molecular weight excluding hydrogens is 354 g/mol. The summed E-state index contributed by atoms with van der Waals surface area (Å²) in [6.07, 6.45) is 5.49. The lowest BCUT2D eigenvalue weighted by molar-refractivity contribution is -0.149. The number of carbonyl (C=O) groups is 5. The first kappa shape index (κ1) is 20.6. The molecular formula is C18H25N3O6. The molecule has 0 bridgehead atoms. The Kier molecular flexibility index (Phi) is 7.51. The van der Waals surface area contributed by atoms with Crippen LogP contribution in [0.1, 0.15) is 32.6 Å². The molecule has 2 aliphatic rings. The highest BCUT2D eigenvalue weighted by Crippen LogP contribution is 2.34. The van der Waals surface area contributed by atoms with Gasteiger partial charge in [0.05, 0.1) is 24.8 Å². The molecule has 0 aromatic heterocycles. The number of ether oxygens (including phenoxy) is 1. The molecule has 1 aliphatic heterocycles. The number of nitrogens with zero attached hydrogens (tertiary/aromatic N) is 1. The maximum Gasteiger partial charge on any atom is 0.308 e. The van der Waals surface area contributed by atoms with Gasteiger partial charge in [-0.2, -0.15) is 0 Å². The van der Waals surface area contributed by atoms with Crippen molar-refractivity contribution in [3.63, 3.8) is 0 Å². The van der Waals surface area contributed by atoms with Crippen LogP contribution < -0.4 is 10.6 Å². The Balaban J connectivity index is 1.66. The van der Waals surface area contributed by atoms with E-state index in [-0.39, 0.29) is 49.1 Å². The number of allylic oxidation sites excluding steroid dienone is 2. The van der Waals surface area contributed by atoms with Gasteiger partial charge < -0.3 is 15.4 Å². The predicted octanol–water partition coefficient (Wildman–Crippen LogP) is -0.487. The molecule has 1 fully saturated rings. The fourth-order valence-electron chi connectivity index (χ4n) is 3.07. The molecule has 2 N–H and O–H groups in total. The number of rotatable bonds is 9. The Morgan fingerprint density at radius 2 is 1.70 bits per heavy atom. The van der Waals surface area contributed by atoms with E-state index in [2.05, 4.69) is 10.6 Å². The van der Waals surface area contributed by atoms with E-state index >= 15 is 0 Å². The summed E-state index contributed by atoms with van der Waals surface area (Å²) in [5.41, 5.74) is 0. The second-order valence-electron chi connectivity index (χ2n) is 6.52. The van der Waals surface area contributed by atoms with Crippen LogP contribution in [0.4, 0.5) is 0 Å². The van der Waals surface area contributed by atoms with Crippen molar-refractivity contribution in [1.82, 2.24) is 15.5 Å². The fraction of sp³-hybridized carbons (Fsp3) is 0.611. The predicted molar refractivity (Wildman–Crippen MR) is 94.0 cm³/mol. The Labute approximate surface area is 157 Å². The summed E-state index contributed by atoms with van der Waals surface area (Å²) in [6.45, 7) is 1.67. The summed E-state index contributed by atoms with van der Waals surface area (Å²) >= 11 is 0. The van der Waals surface area contributed by atoms with E-state index in [0.29, 0.717) is 19.4 Å². The number of likely N-dealkylation sites (tertiary alicyclic amines) is 1. The van der Waals surface area contributed by atoms with E-state index in [1.807, 2.05) is 19.1 Å². The second kappa shape index (κ2) is 9.84. The minimum absolute atomic E-state index is 0.0510. The topological polar surface area (TPSA) is 122 Å². The molecule has 9 nitrogen and oxygen atoms in total. The van der Waals surface area contributed by atoms with Gasteiger partial charge in [0, 0.05) is 13.1 Å². The third-order valence-corrected chi connectivity index (χ3v) is 4.52. The molecule has 1 saturated heterocycles. The van der Waals surface area contributed by atoms with Crippen molar-refractivity contribution >= 4 is 29.6 Å². The lowest BCUT2D eigenvalue weighted by atomic mass is 9.85. The van der Waals surface area contributed by atoms with Gasteiger partial charge in [0.2, 0.25) is 17.7 Å². The summed E-state index contributed by atoms with van der Waals surface area (Å²) < 4.78 is 4.82. The fourth-order valence-corrected chi connectivity index (χ4v) is 3.07. The Bertz CT molecular complexity index is 619. The van der Waals surface area contributed by atoms with Crippen molar-refractivity contribution in [3.05, 3.63) is 12.2 Å². The van der Waals surface area contributed by atoms with Gasteiger partial charge in [0.1, 0.15) is 0 Å². The number of hydrogen-bond acceptors (Lipinski definition) is 6. The van der Waals surface area contributed by atoms with Gasteiger partial charge in [-0.05, 0) is 19.3 Å². The van der Waals surface area contributed by atoms with E-state index in [1.54, 1.807) is 0 Å². The molecule has 27 heavy (non-hydrogen) atoms. The molecule has 0 aromatic rings. The van der Waals surface area contributed by atoms with Crippen molar-refractivity contribution in [2.75, 3.05) is 26.2 Å².